The van der Waals surface area contributed by atoms with Crippen LogP contribution in [-0.2, 0) is 6.42 Å². The van der Waals surface area contributed by atoms with E-state index < -0.39 is 0 Å². The van der Waals surface area contributed by atoms with Crippen molar-refractivity contribution in [3.05, 3.63) is 46.9 Å². The Kier molecular flexibility index (Phi) is 2.54. The van der Waals surface area contributed by atoms with E-state index in [1.54, 1.807) is 0 Å². The number of hydrogen-bond donors (Lipinski definition) is 0. The quantitative estimate of drug-likeness (QED) is 0.768. The van der Waals surface area contributed by atoms with Gasteiger partial charge in [0.1, 0.15) is 5.82 Å². The molecule has 3 nitrogen and oxygen atoms in total. The first-order valence-electron chi connectivity index (χ1n) is 6.34. The van der Waals surface area contributed by atoms with Crippen molar-refractivity contribution in [2.75, 3.05) is 0 Å². The van der Waals surface area contributed by atoms with E-state index in [4.69, 9.17) is 0 Å². The minimum atomic E-state index is 0.263. The lowest BCUT2D eigenvalue weighted by Crippen LogP contribution is -2.13. The Morgan fingerprint density at radius 3 is 2.83 bits per heavy atom. The minimum Gasteiger partial charge on any atom is -0.305 e. The maximum absolute atomic E-state index is 11.8. The molecule has 1 aliphatic rings. The van der Waals surface area contributed by atoms with Crippen molar-refractivity contribution < 1.29 is 4.79 Å². The number of rotatable bonds is 1. The standard InChI is InChI=1S/C15H16N2O/c1-10-8-11(2)16-15(9-10)17-7-6-12-13(17)4-3-5-14(12)18/h6-9H,3-5H2,1-2H3. The number of carbonyl (C=O) groups excluding carboxylic acids is 1. The van der Waals surface area contributed by atoms with E-state index in [-0.39, 0.29) is 5.78 Å². The van der Waals surface area contributed by atoms with E-state index in [0.717, 1.165) is 35.6 Å². The Labute approximate surface area is 106 Å². The molecule has 2 aromatic heterocycles. The van der Waals surface area contributed by atoms with Gasteiger partial charge in [-0.2, -0.15) is 0 Å². The number of carbonyl (C=O) groups is 1. The highest BCUT2D eigenvalue weighted by molar-refractivity contribution is 5.98. The summed E-state index contributed by atoms with van der Waals surface area (Å²) in [6.45, 7) is 4.07. The van der Waals surface area contributed by atoms with Crippen LogP contribution in [0.3, 0.4) is 0 Å². The summed E-state index contributed by atoms with van der Waals surface area (Å²) in [7, 11) is 0. The summed E-state index contributed by atoms with van der Waals surface area (Å²) >= 11 is 0. The molecule has 92 valence electrons. The van der Waals surface area contributed by atoms with Gasteiger partial charge in [-0.25, -0.2) is 4.98 Å². The second-order valence-corrected chi connectivity index (χ2v) is 4.97. The summed E-state index contributed by atoms with van der Waals surface area (Å²) in [4.78, 5) is 16.4. The van der Waals surface area contributed by atoms with Gasteiger partial charge in [0, 0.05) is 29.6 Å². The van der Waals surface area contributed by atoms with Crippen molar-refractivity contribution >= 4 is 5.78 Å². The number of aryl methyl sites for hydroxylation is 2. The molecule has 1 aliphatic carbocycles. The second-order valence-electron chi connectivity index (χ2n) is 4.97. The minimum absolute atomic E-state index is 0.263. The van der Waals surface area contributed by atoms with Gasteiger partial charge in [0.05, 0.1) is 0 Å². The average molecular weight is 240 g/mol. The van der Waals surface area contributed by atoms with E-state index >= 15 is 0 Å². The molecule has 0 bridgehead atoms. The Morgan fingerprint density at radius 1 is 1.22 bits per heavy atom. The van der Waals surface area contributed by atoms with Crippen molar-refractivity contribution in [3.8, 4) is 5.82 Å². The molecule has 0 aromatic carbocycles. The predicted molar refractivity (Wildman–Crippen MR) is 70.3 cm³/mol. The van der Waals surface area contributed by atoms with Crippen LogP contribution in [-0.4, -0.2) is 15.3 Å². The zero-order chi connectivity index (χ0) is 12.7. The first kappa shape index (κ1) is 11.2. The molecule has 0 N–H and O–H groups in total. The highest BCUT2D eigenvalue weighted by Crippen LogP contribution is 2.25. The summed E-state index contributed by atoms with van der Waals surface area (Å²) in [5.41, 5.74) is 4.20. The topological polar surface area (TPSA) is 34.9 Å². The molecule has 2 aromatic rings. The SMILES string of the molecule is Cc1cc(C)nc(-n2ccc3c2CCCC3=O)c1. The molecular formula is C15H16N2O. The molecule has 0 aliphatic heterocycles. The van der Waals surface area contributed by atoms with Crippen LogP contribution in [0.4, 0.5) is 0 Å². The van der Waals surface area contributed by atoms with Gasteiger partial charge in [-0.05, 0) is 50.5 Å². The van der Waals surface area contributed by atoms with Gasteiger partial charge in [-0.15, -0.1) is 0 Å². The van der Waals surface area contributed by atoms with Gasteiger partial charge in [-0.1, -0.05) is 0 Å². The van der Waals surface area contributed by atoms with E-state index in [9.17, 15) is 4.79 Å². The van der Waals surface area contributed by atoms with E-state index in [0.29, 0.717) is 6.42 Å². The zero-order valence-electron chi connectivity index (χ0n) is 10.7. The predicted octanol–water partition coefficient (Wildman–Crippen LogP) is 3.01. The average Bonchev–Trinajstić information content (AvgIpc) is 2.73. The fraction of sp³-hybridized carbons (Fsp3) is 0.333. The van der Waals surface area contributed by atoms with Crippen LogP contribution in [0.5, 0.6) is 0 Å². The van der Waals surface area contributed by atoms with Crippen LogP contribution < -0.4 is 0 Å². The fourth-order valence-corrected chi connectivity index (χ4v) is 2.68. The van der Waals surface area contributed by atoms with Gasteiger partial charge >= 0.3 is 0 Å². The molecule has 0 spiro atoms. The number of ketones is 1. The number of Topliss-reactive ketones (excluding diaryl/α,β-unsaturated/α-hetero) is 1. The van der Waals surface area contributed by atoms with Crippen LogP contribution >= 0.6 is 0 Å². The Balaban J connectivity index is 2.15. The molecule has 3 rings (SSSR count). The molecule has 0 unspecified atom stereocenters. The maximum atomic E-state index is 11.8. The van der Waals surface area contributed by atoms with Crippen molar-refractivity contribution in [3.63, 3.8) is 0 Å². The molecule has 0 saturated carbocycles. The van der Waals surface area contributed by atoms with Crippen LogP contribution in [0.2, 0.25) is 0 Å². The van der Waals surface area contributed by atoms with E-state index in [2.05, 4.69) is 28.6 Å². The van der Waals surface area contributed by atoms with Crippen LogP contribution in [0, 0.1) is 13.8 Å². The lowest BCUT2D eigenvalue weighted by atomic mass is 9.97. The van der Waals surface area contributed by atoms with Gasteiger partial charge in [0.25, 0.3) is 0 Å². The summed E-state index contributed by atoms with van der Waals surface area (Å²) in [6, 6.07) is 6.05. The molecule has 0 radical (unpaired) electrons. The summed E-state index contributed by atoms with van der Waals surface area (Å²) in [6.07, 6.45) is 4.55. The Hall–Kier alpha value is -1.90. The first-order chi connectivity index (χ1) is 8.65. The molecular weight excluding hydrogens is 224 g/mol. The highest BCUT2D eigenvalue weighted by atomic mass is 16.1. The van der Waals surface area contributed by atoms with Crippen molar-refractivity contribution in [1.82, 2.24) is 9.55 Å². The second kappa shape index (κ2) is 4.09. The number of pyridine rings is 1. The molecule has 0 saturated heterocycles. The first-order valence-corrected chi connectivity index (χ1v) is 6.34. The van der Waals surface area contributed by atoms with Crippen molar-refractivity contribution in [2.45, 2.75) is 33.1 Å². The third kappa shape index (κ3) is 1.76. The summed E-state index contributed by atoms with van der Waals surface area (Å²) < 4.78 is 2.06. The molecule has 3 heteroatoms. The molecule has 0 amide bonds. The molecule has 2 heterocycles. The van der Waals surface area contributed by atoms with Gasteiger partial charge < -0.3 is 4.57 Å². The zero-order valence-corrected chi connectivity index (χ0v) is 10.7. The largest absolute Gasteiger partial charge is 0.305 e. The van der Waals surface area contributed by atoms with Crippen LogP contribution in [0.1, 0.15) is 40.2 Å². The van der Waals surface area contributed by atoms with Crippen LogP contribution in [0.25, 0.3) is 5.82 Å². The lowest BCUT2D eigenvalue weighted by molar-refractivity contribution is 0.0972. The van der Waals surface area contributed by atoms with Crippen LogP contribution in [0.15, 0.2) is 24.4 Å². The lowest BCUT2D eigenvalue weighted by Gasteiger charge is -2.15. The smallest absolute Gasteiger partial charge is 0.164 e. The van der Waals surface area contributed by atoms with Gasteiger partial charge in [0.2, 0.25) is 0 Å². The third-order valence-electron chi connectivity index (χ3n) is 3.44. The third-order valence-corrected chi connectivity index (χ3v) is 3.44. The monoisotopic (exact) mass is 240 g/mol. The Bertz CT molecular complexity index is 605. The van der Waals surface area contributed by atoms with Crippen molar-refractivity contribution in [2.24, 2.45) is 0 Å². The fourth-order valence-electron chi connectivity index (χ4n) is 2.68. The number of nitrogens with zero attached hydrogens (tertiary/aromatic N) is 2. The summed E-state index contributed by atoms with van der Waals surface area (Å²) in [5, 5.41) is 0. The number of hydrogen-bond acceptors (Lipinski definition) is 2. The van der Waals surface area contributed by atoms with E-state index in [1.165, 1.54) is 5.56 Å². The van der Waals surface area contributed by atoms with E-state index in [1.807, 2.05) is 19.2 Å². The number of fused-ring (bicyclic) bond motifs is 1. The highest BCUT2D eigenvalue weighted by Gasteiger charge is 2.21. The molecule has 18 heavy (non-hydrogen) atoms. The summed E-state index contributed by atoms with van der Waals surface area (Å²) in [5.74, 6) is 1.18. The molecule has 0 atom stereocenters. The van der Waals surface area contributed by atoms with Gasteiger partial charge in [-0.3, -0.25) is 4.79 Å². The Morgan fingerprint density at radius 2 is 2.06 bits per heavy atom. The van der Waals surface area contributed by atoms with Crippen molar-refractivity contribution in [1.29, 1.82) is 0 Å². The molecule has 0 fully saturated rings. The normalized spacial score (nSPS) is 14.7. The number of aromatic nitrogens is 2. The van der Waals surface area contributed by atoms with Gasteiger partial charge in [0.15, 0.2) is 5.78 Å². The maximum Gasteiger partial charge on any atom is 0.164 e.